The van der Waals surface area contributed by atoms with Crippen LogP contribution in [0.25, 0.3) is 0 Å². The Bertz CT molecular complexity index is 729. The minimum absolute atomic E-state index is 0.0576. The number of carbonyl (C=O) groups is 1. The van der Waals surface area contributed by atoms with Gasteiger partial charge in [0.25, 0.3) is 0 Å². The third-order valence-corrected chi connectivity index (χ3v) is 4.05. The van der Waals surface area contributed by atoms with Crippen molar-refractivity contribution in [1.82, 2.24) is 24.4 Å². The fraction of sp³-hybridized carbons (Fsp3) is 0.500. The van der Waals surface area contributed by atoms with Gasteiger partial charge in [-0.2, -0.15) is 0 Å². The maximum atomic E-state index is 11.6. The summed E-state index contributed by atoms with van der Waals surface area (Å²) in [6, 6.07) is 1.88. The molecule has 0 unspecified atom stereocenters. The van der Waals surface area contributed by atoms with Gasteiger partial charge in [-0.05, 0) is 6.92 Å². The van der Waals surface area contributed by atoms with Crippen molar-refractivity contribution in [2.75, 3.05) is 25.0 Å². The molecule has 3 rings (SSSR count). The van der Waals surface area contributed by atoms with Gasteiger partial charge in [0.1, 0.15) is 23.6 Å². The maximum Gasteiger partial charge on any atom is 0.219 e. The van der Waals surface area contributed by atoms with Crippen LogP contribution in [-0.4, -0.2) is 50.0 Å². The summed E-state index contributed by atoms with van der Waals surface area (Å²) in [7, 11) is 1.95. The Labute approximate surface area is 140 Å². The van der Waals surface area contributed by atoms with E-state index in [4.69, 9.17) is 4.74 Å². The molecule has 1 atom stereocenters. The molecular weight excluding hydrogens is 308 g/mol. The van der Waals surface area contributed by atoms with Crippen molar-refractivity contribution < 1.29 is 9.53 Å². The number of carbonyl (C=O) groups excluding carboxylic acids is 1. The van der Waals surface area contributed by atoms with E-state index in [1.807, 2.05) is 30.8 Å². The van der Waals surface area contributed by atoms with Crippen molar-refractivity contribution >= 4 is 11.7 Å². The van der Waals surface area contributed by atoms with Gasteiger partial charge in [-0.3, -0.25) is 4.79 Å². The summed E-state index contributed by atoms with van der Waals surface area (Å²) in [4.78, 5) is 26.6. The van der Waals surface area contributed by atoms with Gasteiger partial charge in [0.2, 0.25) is 5.91 Å². The third kappa shape index (κ3) is 3.70. The van der Waals surface area contributed by atoms with Gasteiger partial charge >= 0.3 is 0 Å². The number of aryl methyl sites for hydroxylation is 2. The molecule has 0 radical (unpaired) electrons. The van der Waals surface area contributed by atoms with Crippen LogP contribution in [0.4, 0.5) is 5.82 Å². The normalized spacial score (nSPS) is 17.8. The highest BCUT2D eigenvalue weighted by atomic mass is 16.5. The zero-order valence-electron chi connectivity index (χ0n) is 14.2. The van der Waals surface area contributed by atoms with Crippen molar-refractivity contribution in [3.63, 3.8) is 0 Å². The van der Waals surface area contributed by atoms with Gasteiger partial charge in [-0.25, -0.2) is 15.0 Å². The summed E-state index contributed by atoms with van der Waals surface area (Å²) in [6.45, 7) is 5.66. The van der Waals surface area contributed by atoms with Crippen molar-refractivity contribution in [2.24, 2.45) is 7.05 Å². The number of ether oxygens (including phenoxy) is 1. The fourth-order valence-electron chi connectivity index (χ4n) is 2.70. The molecule has 0 saturated carbocycles. The van der Waals surface area contributed by atoms with Gasteiger partial charge in [0.15, 0.2) is 0 Å². The molecule has 8 heteroatoms. The third-order valence-electron chi connectivity index (χ3n) is 4.05. The number of rotatable bonds is 4. The molecular formula is C16H22N6O2. The van der Waals surface area contributed by atoms with Crippen LogP contribution in [0, 0.1) is 6.92 Å². The van der Waals surface area contributed by atoms with E-state index >= 15 is 0 Å². The highest BCUT2D eigenvalue weighted by molar-refractivity contribution is 5.73. The molecule has 3 heterocycles. The monoisotopic (exact) mass is 330 g/mol. The van der Waals surface area contributed by atoms with E-state index in [0.29, 0.717) is 32.1 Å². The molecule has 0 aromatic carbocycles. The zero-order chi connectivity index (χ0) is 17.1. The Morgan fingerprint density at radius 1 is 1.46 bits per heavy atom. The molecule has 1 fully saturated rings. The van der Waals surface area contributed by atoms with Gasteiger partial charge in [0.05, 0.1) is 25.4 Å². The molecule has 0 bridgehead atoms. The number of hydrogen-bond acceptors (Lipinski definition) is 6. The molecule has 1 aliphatic rings. The van der Waals surface area contributed by atoms with Crippen molar-refractivity contribution in [2.45, 2.75) is 26.5 Å². The molecule has 0 aliphatic carbocycles. The van der Waals surface area contributed by atoms with Crippen molar-refractivity contribution in [1.29, 1.82) is 0 Å². The first-order valence-electron chi connectivity index (χ1n) is 7.95. The second-order valence-corrected chi connectivity index (χ2v) is 5.86. The number of hydrogen-bond donors (Lipinski definition) is 1. The average molecular weight is 330 g/mol. The van der Waals surface area contributed by atoms with Crippen LogP contribution < -0.4 is 5.32 Å². The summed E-state index contributed by atoms with van der Waals surface area (Å²) in [5.41, 5.74) is 0.788. The zero-order valence-corrected chi connectivity index (χ0v) is 14.2. The topological polar surface area (TPSA) is 85.2 Å². The summed E-state index contributed by atoms with van der Waals surface area (Å²) in [5, 5.41) is 3.27. The van der Waals surface area contributed by atoms with Crippen LogP contribution in [0.3, 0.4) is 0 Å². The van der Waals surface area contributed by atoms with Crippen LogP contribution in [0.1, 0.15) is 30.4 Å². The van der Waals surface area contributed by atoms with Crippen LogP contribution >= 0.6 is 0 Å². The molecule has 8 nitrogen and oxygen atoms in total. The van der Waals surface area contributed by atoms with Crippen LogP contribution in [0.2, 0.25) is 0 Å². The number of aromatic nitrogens is 4. The SMILES string of the molecule is CC(=O)N1CCO[C@H](c2cc(NCc3nccn3C)nc(C)n2)C1. The quantitative estimate of drug-likeness (QED) is 0.902. The Hall–Kier alpha value is -2.48. The number of nitrogens with zero attached hydrogens (tertiary/aromatic N) is 5. The first kappa shape index (κ1) is 16.4. The van der Waals surface area contributed by atoms with E-state index in [0.717, 1.165) is 17.3 Å². The van der Waals surface area contributed by atoms with Gasteiger partial charge in [-0.15, -0.1) is 0 Å². The largest absolute Gasteiger partial charge is 0.368 e. The van der Waals surface area contributed by atoms with Crippen LogP contribution in [0.5, 0.6) is 0 Å². The second kappa shape index (κ2) is 6.96. The maximum absolute atomic E-state index is 11.6. The van der Waals surface area contributed by atoms with E-state index < -0.39 is 0 Å². The average Bonchev–Trinajstić information content (AvgIpc) is 2.97. The smallest absolute Gasteiger partial charge is 0.219 e. The number of amides is 1. The van der Waals surface area contributed by atoms with Gasteiger partial charge < -0.3 is 19.5 Å². The molecule has 1 saturated heterocycles. The van der Waals surface area contributed by atoms with E-state index in [1.165, 1.54) is 0 Å². The summed E-state index contributed by atoms with van der Waals surface area (Å²) >= 11 is 0. The van der Waals surface area contributed by atoms with Crippen LogP contribution in [0.15, 0.2) is 18.5 Å². The lowest BCUT2D eigenvalue weighted by Gasteiger charge is -2.32. The molecule has 2 aromatic heterocycles. The Kier molecular flexibility index (Phi) is 4.75. The van der Waals surface area contributed by atoms with E-state index in [-0.39, 0.29) is 12.0 Å². The van der Waals surface area contributed by atoms with E-state index in [2.05, 4.69) is 20.3 Å². The number of nitrogens with one attached hydrogen (secondary N) is 1. The summed E-state index contributed by atoms with van der Waals surface area (Å²) in [6.07, 6.45) is 3.44. The number of anilines is 1. The first-order chi connectivity index (χ1) is 11.5. The lowest BCUT2D eigenvalue weighted by Crippen LogP contribution is -2.41. The Balaban J connectivity index is 1.73. The molecule has 0 spiro atoms. The summed E-state index contributed by atoms with van der Waals surface area (Å²) < 4.78 is 7.75. The molecule has 1 N–H and O–H groups in total. The molecule has 1 amide bonds. The minimum atomic E-state index is -0.224. The van der Waals surface area contributed by atoms with Crippen LogP contribution in [-0.2, 0) is 23.1 Å². The van der Waals surface area contributed by atoms with E-state index in [1.54, 1.807) is 18.0 Å². The molecule has 1 aliphatic heterocycles. The fourth-order valence-corrected chi connectivity index (χ4v) is 2.70. The standard InChI is InChI=1S/C16H22N6O2/c1-11-19-13(14-10-22(12(2)23)6-7-24-14)8-15(20-11)18-9-16-17-4-5-21(16)3/h4-5,8,14H,6-7,9-10H2,1-3H3,(H,18,19,20)/t14-/m0/s1. The Morgan fingerprint density at radius 3 is 3.00 bits per heavy atom. The predicted octanol–water partition coefficient (Wildman–Crippen LogP) is 1.05. The minimum Gasteiger partial charge on any atom is -0.368 e. The predicted molar refractivity (Wildman–Crippen MR) is 88.3 cm³/mol. The van der Waals surface area contributed by atoms with Gasteiger partial charge in [-0.1, -0.05) is 0 Å². The Morgan fingerprint density at radius 2 is 2.29 bits per heavy atom. The number of imidazole rings is 1. The molecule has 24 heavy (non-hydrogen) atoms. The van der Waals surface area contributed by atoms with Crippen molar-refractivity contribution in [3.8, 4) is 0 Å². The molecule has 2 aromatic rings. The van der Waals surface area contributed by atoms with E-state index in [9.17, 15) is 4.79 Å². The number of morpholine rings is 1. The lowest BCUT2D eigenvalue weighted by atomic mass is 10.2. The first-order valence-corrected chi connectivity index (χ1v) is 7.95. The highest BCUT2D eigenvalue weighted by Gasteiger charge is 2.25. The summed E-state index contributed by atoms with van der Waals surface area (Å²) in [5.74, 6) is 2.37. The highest BCUT2D eigenvalue weighted by Crippen LogP contribution is 2.22. The second-order valence-electron chi connectivity index (χ2n) is 5.86. The van der Waals surface area contributed by atoms with Gasteiger partial charge in [0, 0.05) is 39.0 Å². The lowest BCUT2D eigenvalue weighted by molar-refractivity contribution is -0.136. The molecule has 128 valence electrons. The van der Waals surface area contributed by atoms with Crippen molar-refractivity contribution in [3.05, 3.63) is 35.8 Å².